The molecule has 0 bridgehead atoms. The third-order valence-corrected chi connectivity index (χ3v) is 3.57. The van der Waals surface area contributed by atoms with E-state index in [9.17, 15) is 4.79 Å². The summed E-state index contributed by atoms with van der Waals surface area (Å²) >= 11 is 7.12. The number of benzene rings is 1. The van der Waals surface area contributed by atoms with Gasteiger partial charge in [-0.1, -0.05) is 59.3 Å². The van der Waals surface area contributed by atoms with Crippen LogP contribution in [0.25, 0.3) is 6.08 Å². The molecule has 18 heavy (non-hydrogen) atoms. The second kappa shape index (κ2) is 5.85. The zero-order valence-electron chi connectivity index (χ0n) is 9.72. The average Bonchev–Trinajstić information content (AvgIpc) is 2.78. The molecule has 0 amide bonds. The molecule has 0 atom stereocenters. The van der Waals surface area contributed by atoms with E-state index < -0.39 is 0 Å². The van der Waals surface area contributed by atoms with Gasteiger partial charge in [0.05, 0.1) is 17.0 Å². The van der Waals surface area contributed by atoms with Crippen molar-refractivity contribution in [3.8, 4) is 5.06 Å². The first-order valence-corrected chi connectivity index (χ1v) is 6.51. The van der Waals surface area contributed by atoms with Crippen molar-refractivity contribution in [2.45, 2.75) is 0 Å². The van der Waals surface area contributed by atoms with Crippen LogP contribution in [0.3, 0.4) is 0 Å². The van der Waals surface area contributed by atoms with Crippen LogP contribution < -0.4 is 4.74 Å². The highest BCUT2D eigenvalue weighted by Crippen LogP contribution is 2.34. The first-order valence-electron chi connectivity index (χ1n) is 5.31. The molecule has 1 aromatic heterocycles. The molecule has 1 aromatic carbocycles. The summed E-state index contributed by atoms with van der Waals surface area (Å²) in [5.41, 5.74) is 1.48. The van der Waals surface area contributed by atoms with E-state index in [4.69, 9.17) is 16.3 Å². The van der Waals surface area contributed by atoms with E-state index in [-0.39, 0.29) is 5.78 Å². The number of halogens is 1. The fourth-order valence-electron chi connectivity index (χ4n) is 1.49. The fourth-order valence-corrected chi connectivity index (χ4v) is 2.52. The Labute approximate surface area is 114 Å². The maximum Gasteiger partial charge on any atom is 0.190 e. The zero-order chi connectivity index (χ0) is 13.0. The summed E-state index contributed by atoms with van der Waals surface area (Å²) in [5.74, 6) is -0.112. The molecule has 0 aliphatic rings. The molecule has 2 aromatic rings. The normalized spacial score (nSPS) is 10.8. The summed E-state index contributed by atoms with van der Waals surface area (Å²) in [6.45, 7) is 0. The molecular weight excluding hydrogens is 268 g/mol. The number of thiophene rings is 1. The molecule has 92 valence electrons. The van der Waals surface area contributed by atoms with Crippen molar-refractivity contribution >= 4 is 34.8 Å². The number of ether oxygens (including phenoxy) is 1. The molecular formula is C14H11ClO2S. The van der Waals surface area contributed by atoms with Gasteiger partial charge >= 0.3 is 0 Å². The molecule has 4 heteroatoms. The number of hydrogen-bond donors (Lipinski definition) is 0. The van der Waals surface area contributed by atoms with Crippen LogP contribution in [0.2, 0.25) is 4.34 Å². The lowest BCUT2D eigenvalue weighted by Crippen LogP contribution is -1.94. The maximum absolute atomic E-state index is 12.0. The van der Waals surface area contributed by atoms with Gasteiger partial charge in [-0.15, -0.1) is 0 Å². The molecule has 0 saturated carbocycles. The van der Waals surface area contributed by atoms with Crippen molar-refractivity contribution < 1.29 is 9.53 Å². The van der Waals surface area contributed by atoms with Gasteiger partial charge in [0.2, 0.25) is 0 Å². The third kappa shape index (κ3) is 3.00. The van der Waals surface area contributed by atoms with Gasteiger partial charge in [-0.2, -0.15) is 0 Å². The standard InChI is InChI=1S/C14H11ClO2S/c1-17-14-11(9-13(15)18-14)12(16)8-7-10-5-3-2-4-6-10/h2-9H,1H3/b8-7+. The monoisotopic (exact) mass is 278 g/mol. The second-order valence-electron chi connectivity index (χ2n) is 3.56. The van der Waals surface area contributed by atoms with E-state index in [1.807, 2.05) is 30.3 Å². The molecule has 0 radical (unpaired) electrons. The summed E-state index contributed by atoms with van der Waals surface area (Å²) in [4.78, 5) is 12.0. The van der Waals surface area contributed by atoms with Gasteiger partial charge < -0.3 is 4.74 Å². The zero-order valence-corrected chi connectivity index (χ0v) is 11.3. The average molecular weight is 279 g/mol. The smallest absolute Gasteiger partial charge is 0.190 e. The van der Waals surface area contributed by atoms with E-state index in [1.165, 1.54) is 24.5 Å². The van der Waals surface area contributed by atoms with Crippen LogP contribution in [-0.4, -0.2) is 12.9 Å². The van der Waals surface area contributed by atoms with E-state index in [0.29, 0.717) is 15.0 Å². The Hall–Kier alpha value is -1.58. The molecule has 0 fully saturated rings. The van der Waals surface area contributed by atoms with Crippen molar-refractivity contribution in [1.82, 2.24) is 0 Å². The Morgan fingerprint density at radius 3 is 2.72 bits per heavy atom. The number of rotatable bonds is 4. The molecule has 2 nitrogen and oxygen atoms in total. The summed E-state index contributed by atoms with van der Waals surface area (Å²) in [5, 5.41) is 0.544. The number of allylic oxidation sites excluding steroid dienone is 1. The van der Waals surface area contributed by atoms with Crippen LogP contribution in [0, 0.1) is 0 Å². The van der Waals surface area contributed by atoms with Gasteiger partial charge in [-0.25, -0.2) is 0 Å². The van der Waals surface area contributed by atoms with Crippen molar-refractivity contribution in [2.24, 2.45) is 0 Å². The molecule has 0 saturated heterocycles. The lowest BCUT2D eigenvalue weighted by atomic mass is 10.1. The van der Waals surface area contributed by atoms with Gasteiger partial charge in [0.15, 0.2) is 10.8 Å². The van der Waals surface area contributed by atoms with E-state index in [0.717, 1.165) is 5.56 Å². The van der Waals surface area contributed by atoms with Gasteiger partial charge in [-0.3, -0.25) is 4.79 Å². The largest absolute Gasteiger partial charge is 0.487 e. The first-order chi connectivity index (χ1) is 8.70. The van der Waals surface area contributed by atoms with Crippen LogP contribution in [0.15, 0.2) is 42.5 Å². The van der Waals surface area contributed by atoms with Crippen molar-refractivity contribution in [3.63, 3.8) is 0 Å². The minimum atomic E-state index is -0.112. The molecule has 0 spiro atoms. The van der Waals surface area contributed by atoms with Crippen LogP contribution in [0.4, 0.5) is 0 Å². The maximum atomic E-state index is 12.0. The van der Waals surface area contributed by atoms with Crippen molar-refractivity contribution in [1.29, 1.82) is 0 Å². The Morgan fingerprint density at radius 1 is 1.33 bits per heavy atom. The number of ketones is 1. The molecule has 0 N–H and O–H groups in total. The highest BCUT2D eigenvalue weighted by Gasteiger charge is 2.13. The third-order valence-electron chi connectivity index (χ3n) is 2.35. The van der Waals surface area contributed by atoms with Crippen molar-refractivity contribution in [3.05, 3.63) is 57.9 Å². The van der Waals surface area contributed by atoms with Crippen molar-refractivity contribution in [2.75, 3.05) is 7.11 Å². The predicted octanol–water partition coefficient (Wildman–Crippen LogP) is 4.31. The van der Waals surface area contributed by atoms with E-state index in [1.54, 1.807) is 12.1 Å². The summed E-state index contributed by atoms with van der Waals surface area (Å²) in [6.07, 6.45) is 3.30. The summed E-state index contributed by atoms with van der Waals surface area (Å²) in [7, 11) is 1.53. The lowest BCUT2D eigenvalue weighted by molar-refractivity contribution is 0.104. The highest BCUT2D eigenvalue weighted by atomic mass is 35.5. The topological polar surface area (TPSA) is 26.3 Å². The van der Waals surface area contributed by atoms with Crippen LogP contribution >= 0.6 is 22.9 Å². The first kappa shape index (κ1) is 12.9. The van der Waals surface area contributed by atoms with Crippen LogP contribution in [0.1, 0.15) is 15.9 Å². The number of methoxy groups -OCH3 is 1. The Bertz CT molecular complexity index is 573. The van der Waals surface area contributed by atoms with E-state index >= 15 is 0 Å². The Balaban J connectivity index is 2.19. The van der Waals surface area contributed by atoms with Gasteiger partial charge in [0.1, 0.15) is 0 Å². The van der Waals surface area contributed by atoms with Crippen LogP contribution in [0.5, 0.6) is 5.06 Å². The molecule has 2 rings (SSSR count). The molecule has 1 heterocycles. The minimum Gasteiger partial charge on any atom is -0.487 e. The lowest BCUT2D eigenvalue weighted by Gasteiger charge is -1.97. The summed E-state index contributed by atoms with van der Waals surface area (Å²) in [6, 6.07) is 11.3. The Morgan fingerprint density at radius 2 is 2.06 bits per heavy atom. The molecule has 0 aliphatic carbocycles. The predicted molar refractivity (Wildman–Crippen MR) is 75.7 cm³/mol. The SMILES string of the molecule is COc1sc(Cl)cc1C(=O)/C=C/c1ccccc1. The second-order valence-corrected chi connectivity index (χ2v) is 5.21. The number of carbonyl (C=O) groups is 1. The molecule has 0 unspecified atom stereocenters. The number of carbonyl (C=O) groups excluding carboxylic acids is 1. The highest BCUT2D eigenvalue weighted by molar-refractivity contribution is 7.18. The fraction of sp³-hybridized carbons (Fsp3) is 0.0714. The van der Waals surface area contributed by atoms with Crippen LogP contribution in [-0.2, 0) is 0 Å². The van der Waals surface area contributed by atoms with E-state index in [2.05, 4.69) is 0 Å². The van der Waals surface area contributed by atoms with Gasteiger partial charge in [0.25, 0.3) is 0 Å². The van der Waals surface area contributed by atoms with Gasteiger partial charge in [0, 0.05) is 0 Å². The van der Waals surface area contributed by atoms with Gasteiger partial charge in [-0.05, 0) is 17.7 Å². The number of hydrogen-bond acceptors (Lipinski definition) is 3. The minimum absolute atomic E-state index is 0.112. The Kier molecular flexibility index (Phi) is 4.18. The molecule has 0 aliphatic heterocycles. The summed E-state index contributed by atoms with van der Waals surface area (Å²) < 4.78 is 5.66. The quantitative estimate of drug-likeness (QED) is 0.615.